The van der Waals surface area contributed by atoms with Gasteiger partial charge in [-0.15, -0.1) is 0 Å². The first-order valence-electron chi connectivity index (χ1n) is 3.45. The molecule has 0 saturated carbocycles. The molecule has 1 saturated heterocycles. The average Bonchev–Trinajstić information content (AvgIpc) is 1.89. The van der Waals surface area contributed by atoms with E-state index in [0.29, 0.717) is 11.7 Å². The van der Waals surface area contributed by atoms with Gasteiger partial charge < -0.3 is 0 Å². The maximum atomic E-state index is 11.0. The number of hydrogen-bond acceptors (Lipinski definition) is 2. The molecule has 0 aromatic rings. The van der Waals surface area contributed by atoms with Crippen LogP contribution in [0.4, 0.5) is 0 Å². The van der Waals surface area contributed by atoms with E-state index in [4.69, 9.17) is 0 Å². The van der Waals surface area contributed by atoms with Gasteiger partial charge in [-0.2, -0.15) is 11.8 Å². The van der Waals surface area contributed by atoms with E-state index in [9.17, 15) is 4.79 Å². The van der Waals surface area contributed by atoms with E-state index in [0.717, 1.165) is 24.3 Å². The topological polar surface area (TPSA) is 17.1 Å². The van der Waals surface area contributed by atoms with E-state index in [1.54, 1.807) is 0 Å². The Labute approximate surface area is 60.2 Å². The van der Waals surface area contributed by atoms with Crippen LogP contribution in [0.1, 0.15) is 19.8 Å². The third kappa shape index (κ3) is 1.71. The van der Waals surface area contributed by atoms with Gasteiger partial charge in [-0.3, -0.25) is 4.79 Å². The number of hydrogen-bond donors (Lipinski definition) is 0. The Kier molecular flexibility index (Phi) is 2.58. The van der Waals surface area contributed by atoms with Gasteiger partial charge in [-0.1, -0.05) is 6.92 Å². The average molecular weight is 144 g/mol. The lowest BCUT2D eigenvalue weighted by Crippen LogP contribution is -2.21. The predicted molar refractivity (Wildman–Crippen MR) is 40.7 cm³/mol. The van der Waals surface area contributed by atoms with Gasteiger partial charge in [0.1, 0.15) is 5.78 Å². The highest BCUT2D eigenvalue weighted by Gasteiger charge is 2.19. The molecule has 0 radical (unpaired) electrons. The third-order valence-electron chi connectivity index (χ3n) is 1.76. The standard InChI is InChI=1S/C7H12OS/c1-2-6-5-9-4-3-7(6)8/h6H,2-5H2,1H3. The highest BCUT2D eigenvalue weighted by Crippen LogP contribution is 2.21. The van der Waals surface area contributed by atoms with Crippen molar-refractivity contribution < 1.29 is 4.79 Å². The summed E-state index contributed by atoms with van der Waals surface area (Å²) in [5.74, 6) is 2.98. The molecule has 1 fully saturated rings. The molecular weight excluding hydrogens is 132 g/mol. The van der Waals surface area contributed by atoms with Crippen LogP contribution in [0.5, 0.6) is 0 Å². The summed E-state index contributed by atoms with van der Waals surface area (Å²) in [6.07, 6.45) is 1.84. The van der Waals surface area contributed by atoms with Gasteiger partial charge in [-0.05, 0) is 6.42 Å². The van der Waals surface area contributed by atoms with Gasteiger partial charge in [0.05, 0.1) is 0 Å². The predicted octanol–water partition coefficient (Wildman–Crippen LogP) is 1.72. The van der Waals surface area contributed by atoms with Crippen LogP contribution in [0.2, 0.25) is 0 Å². The SMILES string of the molecule is CCC1CSCCC1=O. The lowest BCUT2D eigenvalue weighted by atomic mass is 10.0. The molecule has 0 N–H and O–H groups in total. The monoisotopic (exact) mass is 144 g/mol. The molecule has 0 aromatic heterocycles. The maximum Gasteiger partial charge on any atom is 0.137 e. The minimum atomic E-state index is 0.378. The highest BCUT2D eigenvalue weighted by molar-refractivity contribution is 7.99. The van der Waals surface area contributed by atoms with Crippen molar-refractivity contribution in [1.82, 2.24) is 0 Å². The van der Waals surface area contributed by atoms with Crippen molar-refractivity contribution in [3.05, 3.63) is 0 Å². The number of ketones is 1. The Morgan fingerprint density at radius 3 is 3.00 bits per heavy atom. The van der Waals surface area contributed by atoms with Gasteiger partial charge in [0.25, 0.3) is 0 Å². The van der Waals surface area contributed by atoms with Gasteiger partial charge in [0.15, 0.2) is 0 Å². The molecule has 52 valence electrons. The van der Waals surface area contributed by atoms with E-state index in [1.807, 2.05) is 11.8 Å². The van der Waals surface area contributed by atoms with E-state index in [2.05, 4.69) is 6.92 Å². The Bertz CT molecular complexity index is 111. The molecule has 9 heavy (non-hydrogen) atoms. The number of rotatable bonds is 1. The smallest absolute Gasteiger partial charge is 0.137 e. The molecule has 1 rings (SSSR count). The second-order valence-corrected chi connectivity index (χ2v) is 3.55. The quantitative estimate of drug-likeness (QED) is 0.557. The minimum Gasteiger partial charge on any atom is -0.299 e. The molecular formula is C7H12OS. The normalized spacial score (nSPS) is 28.6. The third-order valence-corrected chi connectivity index (χ3v) is 2.89. The molecule has 0 bridgehead atoms. The zero-order chi connectivity index (χ0) is 6.69. The number of thioether (sulfide) groups is 1. The van der Waals surface area contributed by atoms with Crippen LogP contribution in [0.15, 0.2) is 0 Å². The molecule has 1 aliphatic rings. The fraction of sp³-hybridized carbons (Fsp3) is 0.857. The largest absolute Gasteiger partial charge is 0.299 e. The molecule has 0 aliphatic carbocycles. The second-order valence-electron chi connectivity index (χ2n) is 2.40. The summed E-state index contributed by atoms with van der Waals surface area (Å²) in [4.78, 5) is 11.0. The summed E-state index contributed by atoms with van der Waals surface area (Å²) in [5, 5.41) is 0. The molecule has 1 unspecified atom stereocenters. The van der Waals surface area contributed by atoms with Crippen LogP contribution < -0.4 is 0 Å². The van der Waals surface area contributed by atoms with Crippen LogP contribution in [-0.4, -0.2) is 17.3 Å². The summed E-state index contributed by atoms with van der Waals surface area (Å²) < 4.78 is 0. The first-order valence-corrected chi connectivity index (χ1v) is 4.60. The van der Waals surface area contributed by atoms with Crippen molar-refractivity contribution in [2.75, 3.05) is 11.5 Å². The first-order chi connectivity index (χ1) is 4.34. The fourth-order valence-electron chi connectivity index (χ4n) is 1.04. The zero-order valence-electron chi connectivity index (χ0n) is 5.72. The van der Waals surface area contributed by atoms with E-state index >= 15 is 0 Å². The Morgan fingerprint density at radius 2 is 2.56 bits per heavy atom. The fourth-order valence-corrected chi connectivity index (χ4v) is 2.26. The van der Waals surface area contributed by atoms with Crippen molar-refractivity contribution in [3.63, 3.8) is 0 Å². The van der Waals surface area contributed by atoms with Gasteiger partial charge in [0.2, 0.25) is 0 Å². The van der Waals surface area contributed by atoms with Crippen molar-refractivity contribution in [2.24, 2.45) is 5.92 Å². The molecule has 1 atom stereocenters. The van der Waals surface area contributed by atoms with Crippen LogP contribution in [0, 0.1) is 5.92 Å². The first kappa shape index (κ1) is 7.13. The summed E-state index contributed by atoms with van der Waals surface area (Å²) in [6.45, 7) is 2.09. The lowest BCUT2D eigenvalue weighted by molar-refractivity contribution is -0.122. The van der Waals surface area contributed by atoms with Crippen molar-refractivity contribution in [2.45, 2.75) is 19.8 Å². The minimum absolute atomic E-state index is 0.378. The zero-order valence-corrected chi connectivity index (χ0v) is 6.54. The molecule has 1 heterocycles. The summed E-state index contributed by atoms with van der Waals surface area (Å²) >= 11 is 1.91. The van der Waals surface area contributed by atoms with Crippen LogP contribution in [0.25, 0.3) is 0 Å². The summed E-state index contributed by atoms with van der Waals surface area (Å²) in [6, 6.07) is 0. The summed E-state index contributed by atoms with van der Waals surface area (Å²) in [5.41, 5.74) is 0. The van der Waals surface area contributed by atoms with E-state index in [1.165, 1.54) is 0 Å². The molecule has 2 heteroatoms. The van der Waals surface area contributed by atoms with Crippen LogP contribution in [0.3, 0.4) is 0 Å². The molecule has 1 aliphatic heterocycles. The number of Topliss-reactive ketones (excluding diaryl/α,β-unsaturated/α-hetero) is 1. The van der Waals surface area contributed by atoms with Crippen molar-refractivity contribution in [3.8, 4) is 0 Å². The van der Waals surface area contributed by atoms with Gasteiger partial charge in [-0.25, -0.2) is 0 Å². The summed E-state index contributed by atoms with van der Waals surface area (Å²) in [7, 11) is 0. The number of carbonyl (C=O) groups excluding carboxylic acids is 1. The molecule has 0 spiro atoms. The Balaban J connectivity index is 2.39. The van der Waals surface area contributed by atoms with E-state index in [-0.39, 0.29) is 0 Å². The number of carbonyl (C=O) groups is 1. The second kappa shape index (κ2) is 3.25. The molecule has 0 aromatic carbocycles. The van der Waals surface area contributed by atoms with Gasteiger partial charge >= 0.3 is 0 Å². The lowest BCUT2D eigenvalue weighted by Gasteiger charge is -2.17. The Hall–Kier alpha value is 0.0200. The van der Waals surface area contributed by atoms with Crippen LogP contribution >= 0.6 is 11.8 Å². The molecule has 1 nitrogen and oxygen atoms in total. The maximum absolute atomic E-state index is 11.0. The molecule has 0 amide bonds. The van der Waals surface area contributed by atoms with Crippen LogP contribution in [-0.2, 0) is 4.79 Å². The van der Waals surface area contributed by atoms with Gasteiger partial charge in [0, 0.05) is 23.8 Å². The van der Waals surface area contributed by atoms with Crippen molar-refractivity contribution in [1.29, 1.82) is 0 Å². The highest BCUT2D eigenvalue weighted by atomic mass is 32.2. The Morgan fingerprint density at radius 1 is 1.78 bits per heavy atom. The van der Waals surface area contributed by atoms with E-state index < -0.39 is 0 Å². The van der Waals surface area contributed by atoms with Crippen molar-refractivity contribution >= 4 is 17.5 Å².